The third kappa shape index (κ3) is 8.06. The van der Waals surface area contributed by atoms with E-state index in [4.69, 9.17) is 33.9 Å². The van der Waals surface area contributed by atoms with Gasteiger partial charge >= 0.3 is 0 Å². The Morgan fingerprint density at radius 1 is 0.438 bits per heavy atom. The van der Waals surface area contributed by atoms with Crippen LogP contribution in [-0.4, -0.2) is 10.1 Å². The molecule has 0 spiro atoms. The van der Waals surface area contributed by atoms with Crippen molar-refractivity contribution in [1.29, 1.82) is 0 Å². The van der Waals surface area contributed by atoms with Gasteiger partial charge in [-0.3, -0.25) is 0 Å². The van der Waals surface area contributed by atoms with E-state index in [9.17, 15) is 0 Å². The van der Waals surface area contributed by atoms with Gasteiger partial charge in [0.05, 0.1) is 0 Å². The summed E-state index contributed by atoms with van der Waals surface area (Å²) in [5, 5.41) is 1.09. The smallest absolute Gasteiger partial charge is 0.191 e. The lowest BCUT2D eigenvalue weighted by Crippen LogP contribution is -2.03. The van der Waals surface area contributed by atoms with Crippen molar-refractivity contribution in [2.24, 2.45) is 0 Å². The van der Waals surface area contributed by atoms with Gasteiger partial charge in [-0.1, -0.05) is 121 Å². The summed E-state index contributed by atoms with van der Waals surface area (Å²) in [6.45, 7) is 1.04. The molecular formula is C28H24O2S2. The molecule has 0 aliphatic carbocycles. The molecule has 0 bridgehead atoms. The lowest BCUT2D eigenvalue weighted by atomic mass is 10.2. The van der Waals surface area contributed by atoms with Crippen molar-refractivity contribution in [1.82, 2.24) is 0 Å². The highest BCUT2D eigenvalue weighted by Gasteiger charge is 2.02. The van der Waals surface area contributed by atoms with Gasteiger partial charge in [0.25, 0.3) is 0 Å². The molecule has 0 amide bonds. The van der Waals surface area contributed by atoms with Crippen LogP contribution >= 0.6 is 24.4 Å². The van der Waals surface area contributed by atoms with Gasteiger partial charge in [-0.25, -0.2) is 0 Å². The molecule has 0 heterocycles. The third-order valence-corrected chi connectivity index (χ3v) is 5.15. The van der Waals surface area contributed by atoms with Gasteiger partial charge in [0.1, 0.15) is 13.2 Å². The molecule has 4 rings (SSSR count). The van der Waals surface area contributed by atoms with Crippen molar-refractivity contribution in [2.75, 3.05) is 0 Å². The molecule has 0 aliphatic heterocycles. The Morgan fingerprint density at radius 3 is 1.03 bits per heavy atom. The minimum atomic E-state index is 0.522. The van der Waals surface area contributed by atoms with E-state index in [-0.39, 0.29) is 0 Å². The fraction of sp³-hybridized carbons (Fsp3) is 0.0714. The molecule has 0 aliphatic rings. The van der Waals surface area contributed by atoms with Crippen LogP contribution in [0.15, 0.2) is 121 Å². The van der Waals surface area contributed by atoms with E-state index in [1.807, 2.05) is 121 Å². The molecule has 0 aromatic heterocycles. The lowest BCUT2D eigenvalue weighted by molar-refractivity contribution is 0.302. The molecule has 0 atom stereocenters. The molecule has 0 unspecified atom stereocenters. The SMILES string of the molecule is S=C(OCc1ccccc1)c1ccccc1.S=C(OCc1ccccc1)c1ccccc1. The predicted molar refractivity (Wildman–Crippen MR) is 139 cm³/mol. The summed E-state index contributed by atoms with van der Waals surface area (Å²) in [5.74, 6) is 0. The first-order valence-electron chi connectivity index (χ1n) is 10.2. The first-order chi connectivity index (χ1) is 15.7. The Bertz CT molecular complexity index is 992. The monoisotopic (exact) mass is 456 g/mol. The minimum Gasteiger partial charge on any atom is -0.478 e. The van der Waals surface area contributed by atoms with Crippen LogP contribution < -0.4 is 0 Å². The van der Waals surface area contributed by atoms with Crippen LogP contribution in [0.1, 0.15) is 22.3 Å². The summed E-state index contributed by atoms with van der Waals surface area (Å²) >= 11 is 10.4. The third-order valence-electron chi connectivity index (χ3n) is 4.44. The van der Waals surface area contributed by atoms with Gasteiger partial charge in [-0.2, -0.15) is 0 Å². The van der Waals surface area contributed by atoms with E-state index in [0.29, 0.717) is 23.3 Å². The summed E-state index contributed by atoms with van der Waals surface area (Å²) in [5.41, 5.74) is 4.16. The Balaban J connectivity index is 0.000000181. The van der Waals surface area contributed by atoms with E-state index in [0.717, 1.165) is 22.3 Å². The highest BCUT2D eigenvalue weighted by atomic mass is 32.1. The zero-order valence-corrected chi connectivity index (χ0v) is 19.2. The van der Waals surface area contributed by atoms with E-state index in [2.05, 4.69) is 0 Å². The van der Waals surface area contributed by atoms with Gasteiger partial charge in [0, 0.05) is 11.1 Å². The van der Waals surface area contributed by atoms with Crippen molar-refractivity contribution in [2.45, 2.75) is 13.2 Å². The summed E-state index contributed by atoms with van der Waals surface area (Å²) in [7, 11) is 0. The number of ether oxygens (including phenoxy) is 2. The van der Waals surface area contributed by atoms with Gasteiger partial charge in [-0.05, 0) is 35.6 Å². The van der Waals surface area contributed by atoms with Crippen LogP contribution in [0.3, 0.4) is 0 Å². The minimum absolute atomic E-state index is 0.522. The maximum atomic E-state index is 5.55. The van der Waals surface area contributed by atoms with Crippen molar-refractivity contribution >= 4 is 34.5 Å². The number of rotatable bonds is 6. The zero-order chi connectivity index (χ0) is 22.4. The standard InChI is InChI=1S/2C14H12OS/c2*16-14(13-9-5-2-6-10-13)15-11-12-7-3-1-4-8-12/h2*1-10H,11H2. The second-order valence-electron chi connectivity index (χ2n) is 6.86. The van der Waals surface area contributed by atoms with Crippen molar-refractivity contribution in [3.8, 4) is 0 Å². The number of hydrogen-bond donors (Lipinski definition) is 0. The fourth-order valence-corrected chi connectivity index (χ4v) is 3.15. The predicted octanol–water partition coefficient (Wildman–Crippen LogP) is 7.16. The van der Waals surface area contributed by atoms with Crippen LogP contribution in [0, 0.1) is 0 Å². The molecule has 0 saturated heterocycles. The molecule has 4 aromatic rings. The van der Waals surface area contributed by atoms with E-state index in [1.165, 1.54) is 0 Å². The first-order valence-corrected chi connectivity index (χ1v) is 11.1. The fourth-order valence-electron chi connectivity index (χ4n) is 2.76. The molecule has 4 aromatic carbocycles. The van der Waals surface area contributed by atoms with E-state index in [1.54, 1.807) is 0 Å². The molecular weight excluding hydrogens is 432 g/mol. The second kappa shape index (κ2) is 13.2. The van der Waals surface area contributed by atoms with Crippen LogP contribution in [0.5, 0.6) is 0 Å². The van der Waals surface area contributed by atoms with Crippen LogP contribution in [0.2, 0.25) is 0 Å². The average Bonchev–Trinajstić information content (AvgIpc) is 2.88. The Kier molecular flexibility index (Phi) is 9.59. The van der Waals surface area contributed by atoms with Gasteiger partial charge < -0.3 is 9.47 Å². The van der Waals surface area contributed by atoms with Crippen molar-refractivity contribution < 1.29 is 9.47 Å². The van der Waals surface area contributed by atoms with Gasteiger partial charge in [0.2, 0.25) is 0 Å². The summed E-state index contributed by atoms with van der Waals surface area (Å²) in [4.78, 5) is 0. The van der Waals surface area contributed by atoms with Crippen molar-refractivity contribution in [3.63, 3.8) is 0 Å². The molecule has 0 N–H and O–H groups in total. The highest BCUT2D eigenvalue weighted by Crippen LogP contribution is 2.08. The first kappa shape index (κ1) is 23.3. The molecule has 2 nitrogen and oxygen atoms in total. The average molecular weight is 457 g/mol. The Hall–Kier alpha value is -3.34. The van der Waals surface area contributed by atoms with Crippen LogP contribution in [-0.2, 0) is 22.7 Å². The normalized spacial score (nSPS) is 9.75. The second-order valence-corrected chi connectivity index (χ2v) is 7.60. The van der Waals surface area contributed by atoms with Crippen molar-refractivity contribution in [3.05, 3.63) is 144 Å². The quantitative estimate of drug-likeness (QED) is 0.287. The molecule has 0 fully saturated rings. The van der Waals surface area contributed by atoms with Crippen LogP contribution in [0.4, 0.5) is 0 Å². The van der Waals surface area contributed by atoms with E-state index < -0.39 is 0 Å². The number of thiocarbonyl (C=S) groups is 2. The summed E-state index contributed by atoms with van der Waals surface area (Å²) in [6.07, 6.45) is 0. The highest BCUT2D eigenvalue weighted by molar-refractivity contribution is 7.80. The maximum Gasteiger partial charge on any atom is 0.191 e. The molecule has 0 radical (unpaired) electrons. The number of benzene rings is 4. The van der Waals surface area contributed by atoms with Gasteiger partial charge in [0.15, 0.2) is 10.1 Å². The number of hydrogen-bond acceptors (Lipinski definition) is 4. The van der Waals surface area contributed by atoms with Gasteiger partial charge in [-0.15, -0.1) is 0 Å². The largest absolute Gasteiger partial charge is 0.478 e. The summed E-state index contributed by atoms with van der Waals surface area (Å²) in [6, 6.07) is 39.6. The molecule has 4 heteroatoms. The molecule has 0 saturated carbocycles. The zero-order valence-electron chi connectivity index (χ0n) is 17.6. The molecule has 32 heavy (non-hydrogen) atoms. The topological polar surface area (TPSA) is 18.5 Å². The summed E-state index contributed by atoms with van der Waals surface area (Å²) < 4.78 is 11.1. The molecule has 160 valence electrons. The lowest BCUT2D eigenvalue weighted by Gasteiger charge is -2.07. The van der Waals surface area contributed by atoms with E-state index >= 15 is 0 Å². The Labute approximate surface area is 200 Å². The maximum absolute atomic E-state index is 5.55. The van der Waals surface area contributed by atoms with Crippen LogP contribution in [0.25, 0.3) is 0 Å². The Morgan fingerprint density at radius 2 is 0.719 bits per heavy atom.